The standard InChI is InChI=1S/C15H18N4OS/c1-20-11-4-2-3-9(7-11)10-5-6-12-13(8-10)21-15(18-12)19-14(16)17/h2-4,7,10H,5-6,8H2,1H3,(H4,16,17,18,19). The third kappa shape index (κ3) is 3.00. The van der Waals surface area contributed by atoms with Gasteiger partial charge in [0.1, 0.15) is 5.75 Å². The van der Waals surface area contributed by atoms with E-state index in [0.717, 1.165) is 30.7 Å². The zero-order valence-electron chi connectivity index (χ0n) is 11.9. The lowest BCUT2D eigenvalue weighted by molar-refractivity contribution is 0.413. The third-order valence-electron chi connectivity index (χ3n) is 3.72. The lowest BCUT2D eigenvalue weighted by Gasteiger charge is -2.21. The number of aryl methyl sites for hydroxylation is 1. The van der Waals surface area contributed by atoms with Crippen LogP contribution in [0.1, 0.15) is 28.5 Å². The topological polar surface area (TPSA) is 86.5 Å². The number of hydrogen-bond acceptors (Lipinski definition) is 4. The molecular formula is C15H18N4OS. The number of benzene rings is 1. The second-order valence-electron chi connectivity index (χ2n) is 5.12. The van der Waals surface area contributed by atoms with Crippen LogP contribution in [0.3, 0.4) is 0 Å². The van der Waals surface area contributed by atoms with Crippen LogP contribution in [-0.4, -0.2) is 18.1 Å². The molecule has 110 valence electrons. The van der Waals surface area contributed by atoms with Crippen LogP contribution in [0.4, 0.5) is 5.13 Å². The van der Waals surface area contributed by atoms with Gasteiger partial charge in [0.25, 0.3) is 0 Å². The second kappa shape index (κ2) is 5.73. The van der Waals surface area contributed by atoms with Crippen molar-refractivity contribution in [3.05, 3.63) is 40.4 Å². The fourth-order valence-electron chi connectivity index (χ4n) is 2.70. The number of nitrogens with two attached hydrogens (primary N) is 2. The number of aliphatic imine (C=N–C) groups is 1. The molecule has 1 unspecified atom stereocenters. The summed E-state index contributed by atoms with van der Waals surface area (Å²) in [5, 5.41) is 0.659. The molecule has 1 aliphatic carbocycles. The van der Waals surface area contributed by atoms with Crippen molar-refractivity contribution >= 4 is 22.4 Å². The van der Waals surface area contributed by atoms with Gasteiger partial charge in [-0.25, -0.2) is 4.98 Å². The first-order valence-electron chi connectivity index (χ1n) is 6.88. The summed E-state index contributed by atoms with van der Waals surface area (Å²) in [5.41, 5.74) is 13.3. The molecule has 4 N–H and O–H groups in total. The van der Waals surface area contributed by atoms with E-state index in [2.05, 4.69) is 22.1 Å². The van der Waals surface area contributed by atoms with E-state index in [0.29, 0.717) is 11.0 Å². The van der Waals surface area contributed by atoms with E-state index >= 15 is 0 Å². The van der Waals surface area contributed by atoms with E-state index in [1.807, 2.05) is 12.1 Å². The Morgan fingerprint density at radius 2 is 2.29 bits per heavy atom. The highest BCUT2D eigenvalue weighted by molar-refractivity contribution is 7.15. The van der Waals surface area contributed by atoms with Gasteiger partial charge in [0.05, 0.1) is 12.8 Å². The van der Waals surface area contributed by atoms with Crippen LogP contribution < -0.4 is 16.2 Å². The predicted molar refractivity (Wildman–Crippen MR) is 85.3 cm³/mol. The fourth-order valence-corrected chi connectivity index (χ4v) is 3.78. The number of rotatable bonds is 3. The predicted octanol–water partition coefficient (Wildman–Crippen LogP) is 2.33. The van der Waals surface area contributed by atoms with E-state index in [1.165, 1.54) is 10.4 Å². The van der Waals surface area contributed by atoms with Gasteiger partial charge in [0.15, 0.2) is 5.96 Å². The Morgan fingerprint density at radius 1 is 1.43 bits per heavy atom. The third-order valence-corrected chi connectivity index (χ3v) is 4.73. The second-order valence-corrected chi connectivity index (χ2v) is 6.18. The minimum absolute atomic E-state index is 0.0606. The van der Waals surface area contributed by atoms with E-state index in [1.54, 1.807) is 18.4 Å². The molecule has 1 aromatic carbocycles. The van der Waals surface area contributed by atoms with Crippen molar-refractivity contribution in [1.29, 1.82) is 0 Å². The number of ether oxygens (including phenoxy) is 1. The van der Waals surface area contributed by atoms with Crippen molar-refractivity contribution in [3.63, 3.8) is 0 Å². The van der Waals surface area contributed by atoms with Crippen LogP contribution in [0.2, 0.25) is 0 Å². The number of nitrogens with zero attached hydrogens (tertiary/aromatic N) is 2. The monoisotopic (exact) mass is 302 g/mol. The molecule has 1 heterocycles. The first-order chi connectivity index (χ1) is 10.2. The summed E-state index contributed by atoms with van der Waals surface area (Å²) in [4.78, 5) is 9.83. The summed E-state index contributed by atoms with van der Waals surface area (Å²) in [5.74, 6) is 1.47. The number of aromatic nitrogens is 1. The molecule has 0 saturated heterocycles. The minimum Gasteiger partial charge on any atom is -0.497 e. The van der Waals surface area contributed by atoms with Crippen molar-refractivity contribution in [2.24, 2.45) is 16.5 Å². The maximum atomic E-state index is 5.41. The van der Waals surface area contributed by atoms with E-state index in [4.69, 9.17) is 16.2 Å². The Bertz CT molecular complexity index is 676. The molecule has 0 bridgehead atoms. The average molecular weight is 302 g/mol. The summed E-state index contributed by atoms with van der Waals surface area (Å²) in [6.07, 6.45) is 3.04. The molecule has 0 spiro atoms. The number of thiazole rings is 1. The van der Waals surface area contributed by atoms with Gasteiger partial charge < -0.3 is 16.2 Å². The molecule has 3 rings (SSSR count). The zero-order chi connectivity index (χ0) is 14.8. The minimum atomic E-state index is 0.0606. The molecule has 21 heavy (non-hydrogen) atoms. The molecule has 0 saturated carbocycles. The lowest BCUT2D eigenvalue weighted by Crippen LogP contribution is -2.21. The fraction of sp³-hybridized carbons (Fsp3) is 0.333. The van der Waals surface area contributed by atoms with Gasteiger partial charge in [-0.1, -0.05) is 23.5 Å². The van der Waals surface area contributed by atoms with Gasteiger partial charge in [-0.05, 0) is 42.9 Å². The van der Waals surface area contributed by atoms with E-state index < -0.39 is 0 Å². The molecule has 5 nitrogen and oxygen atoms in total. The summed E-state index contributed by atoms with van der Waals surface area (Å²) >= 11 is 1.58. The van der Waals surface area contributed by atoms with E-state index in [9.17, 15) is 0 Å². The van der Waals surface area contributed by atoms with Crippen LogP contribution in [0.15, 0.2) is 29.3 Å². The van der Waals surface area contributed by atoms with Crippen molar-refractivity contribution < 1.29 is 4.74 Å². The first kappa shape index (κ1) is 13.9. The summed E-state index contributed by atoms with van der Waals surface area (Å²) in [6.45, 7) is 0. The molecule has 0 aliphatic heterocycles. The number of hydrogen-bond donors (Lipinski definition) is 2. The number of methoxy groups -OCH3 is 1. The van der Waals surface area contributed by atoms with Gasteiger partial charge >= 0.3 is 0 Å². The zero-order valence-corrected chi connectivity index (χ0v) is 12.7. The molecule has 1 aromatic heterocycles. The van der Waals surface area contributed by atoms with Crippen molar-refractivity contribution in [1.82, 2.24) is 4.98 Å². The van der Waals surface area contributed by atoms with Gasteiger partial charge in [-0.2, -0.15) is 4.99 Å². The molecule has 0 radical (unpaired) electrons. The highest BCUT2D eigenvalue weighted by Gasteiger charge is 2.24. The summed E-state index contributed by atoms with van der Waals surface area (Å²) in [6, 6.07) is 8.30. The van der Waals surface area contributed by atoms with Crippen LogP contribution in [-0.2, 0) is 12.8 Å². The van der Waals surface area contributed by atoms with Gasteiger partial charge in [-0.15, -0.1) is 0 Å². The highest BCUT2D eigenvalue weighted by atomic mass is 32.1. The highest BCUT2D eigenvalue weighted by Crippen LogP contribution is 2.38. The smallest absolute Gasteiger partial charge is 0.212 e. The van der Waals surface area contributed by atoms with E-state index in [-0.39, 0.29) is 5.96 Å². The lowest BCUT2D eigenvalue weighted by atomic mass is 9.85. The first-order valence-corrected chi connectivity index (χ1v) is 7.69. The maximum absolute atomic E-state index is 5.41. The van der Waals surface area contributed by atoms with Crippen LogP contribution in [0, 0.1) is 0 Å². The van der Waals surface area contributed by atoms with Crippen molar-refractivity contribution in [3.8, 4) is 5.75 Å². The van der Waals surface area contributed by atoms with Gasteiger partial charge in [0.2, 0.25) is 5.13 Å². The largest absolute Gasteiger partial charge is 0.497 e. The number of fused-ring (bicyclic) bond motifs is 1. The Morgan fingerprint density at radius 3 is 3.05 bits per heavy atom. The number of guanidine groups is 1. The van der Waals surface area contributed by atoms with Crippen LogP contribution >= 0.6 is 11.3 Å². The molecule has 0 amide bonds. The molecule has 6 heteroatoms. The van der Waals surface area contributed by atoms with Crippen molar-refractivity contribution in [2.45, 2.75) is 25.2 Å². The van der Waals surface area contributed by atoms with Gasteiger partial charge in [-0.3, -0.25) is 0 Å². The van der Waals surface area contributed by atoms with Crippen LogP contribution in [0.25, 0.3) is 0 Å². The Labute approximate surface area is 127 Å². The van der Waals surface area contributed by atoms with Crippen LogP contribution in [0.5, 0.6) is 5.75 Å². The summed E-state index contributed by atoms with van der Waals surface area (Å²) in [7, 11) is 1.70. The normalized spacial score (nSPS) is 17.1. The molecule has 1 atom stereocenters. The van der Waals surface area contributed by atoms with Crippen molar-refractivity contribution in [2.75, 3.05) is 7.11 Å². The van der Waals surface area contributed by atoms with Gasteiger partial charge in [0, 0.05) is 4.88 Å². The molecule has 1 aliphatic rings. The average Bonchev–Trinajstić information content (AvgIpc) is 2.87. The Kier molecular flexibility index (Phi) is 3.79. The molecule has 2 aromatic rings. The Hall–Kier alpha value is -2.08. The summed E-state index contributed by atoms with van der Waals surface area (Å²) < 4.78 is 5.31. The maximum Gasteiger partial charge on any atom is 0.212 e. The molecule has 0 fully saturated rings. The molecular weight excluding hydrogens is 284 g/mol. The quantitative estimate of drug-likeness (QED) is 0.673. The Balaban J connectivity index is 1.83. The SMILES string of the molecule is COc1cccc(C2CCc3nc(N=C(N)N)sc3C2)c1.